The van der Waals surface area contributed by atoms with Gasteiger partial charge in [-0.2, -0.15) is 9.78 Å². The Morgan fingerprint density at radius 2 is 2.25 bits per heavy atom. The Labute approximate surface area is 69.4 Å². The molecule has 2 rings (SSSR count). The van der Waals surface area contributed by atoms with E-state index in [0.29, 0.717) is 0 Å². The number of aryl methyl sites for hydroxylation is 1. The normalized spacial score (nSPS) is 10.5. The highest BCUT2D eigenvalue weighted by Crippen LogP contribution is 2.06. The highest BCUT2D eigenvalue weighted by molar-refractivity contribution is 5.22. The molecule has 0 amide bonds. The minimum Gasteiger partial charge on any atom is -0.261 e. The van der Waals surface area contributed by atoms with Gasteiger partial charge in [-0.25, -0.2) is 0 Å². The summed E-state index contributed by atoms with van der Waals surface area (Å²) in [4.78, 5) is 0. The highest BCUT2D eigenvalue weighted by atomic mass is 15.5. The van der Waals surface area contributed by atoms with E-state index in [-0.39, 0.29) is 0 Å². The van der Waals surface area contributed by atoms with Crippen LogP contribution in [0.2, 0.25) is 0 Å². The predicted octanol–water partition coefficient (Wildman–Crippen LogP) is 0.607. The molecule has 0 aliphatic carbocycles. The van der Waals surface area contributed by atoms with E-state index < -0.39 is 0 Å². The zero-order valence-corrected chi connectivity index (χ0v) is 6.94. The van der Waals surface area contributed by atoms with Gasteiger partial charge in [-0.1, -0.05) is 5.21 Å². The predicted molar refractivity (Wildman–Crippen MR) is 43.0 cm³/mol. The molecule has 0 aromatic carbocycles. The second-order valence-electron chi connectivity index (χ2n) is 2.61. The maximum atomic E-state index is 3.95. The van der Waals surface area contributed by atoms with E-state index in [0.717, 1.165) is 17.2 Å². The van der Waals surface area contributed by atoms with Crippen LogP contribution in [0.15, 0.2) is 12.3 Å². The summed E-state index contributed by atoms with van der Waals surface area (Å²) >= 11 is 0. The van der Waals surface area contributed by atoms with Crippen LogP contribution in [0.4, 0.5) is 0 Å². The van der Waals surface area contributed by atoms with E-state index in [4.69, 9.17) is 0 Å². The van der Waals surface area contributed by atoms with Crippen LogP contribution in [0.1, 0.15) is 11.4 Å². The number of nitrogens with one attached hydrogen (secondary N) is 1. The van der Waals surface area contributed by atoms with Gasteiger partial charge in [0, 0.05) is 6.07 Å². The molecule has 2 aromatic rings. The van der Waals surface area contributed by atoms with E-state index in [1.165, 1.54) is 0 Å². The summed E-state index contributed by atoms with van der Waals surface area (Å²) in [6.45, 7) is 3.89. The lowest BCUT2D eigenvalue weighted by Crippen LogP contribution is -1.99. The van der Waals surface area contributed by atoms with Crippen molar-refractivity contribution in [3.8, 4) is 5.82 Å². The van der Waals surface area contributed by atoms with Crippen LogP contribution in [-0.2, 0) is 0 Å². The summed E-state index contributed by atoms with van der Waals surface area (Å²) in [5.74, 6) is 0.841. The van der Waals surface area contributed by atoms with Crippen molar-refractivity contribution >= 4 is 0 Å². The van der Waals surface area contributed by atoms with Gasteiger partial charge in [0.15, 0.2) is 5.82 Å². The van der Waals surface area contributed by atoms with E-state index in [9.17, 15) is 0 Å². The summed E-state index contributed by atoms with van der Waals surface area (Å²) in [6.07, 6.45) is 1.69. The maximum absolute atomic E-state index is 3.95. The fourth-order valence-electron chi connectivity index (χ4n) is 1.000. The van der Waals surface area contributed by atoms with Crippen molar-refractivity contribution in [2.75, 3.05) is 0 Å². The van der Waals surface area contributed by atoms with Gasteiger partial charge in [-0.05, 0) is 13.8 Å². The summed E-state index contributed by atoms with van der Waals surface area (Å²) in [7, 11) is 0. The monoisotopic (exact) mass is 163 g/mol. The Morgan fingerprint density at radius 3 is 2.75 bits per heavy atom. The second-order valence-corrected chi connectivity index (χ2v) is 2.61. The molecule has 0 fully saturated rings. The van der Waals surface area contributed by atoms with Gasteiger partial charge in [0.2, 0.25) is 0 Å². The molecular weight excluding hydrogens is 154 g/mol. The Bertz CT molecular complexity index is 372. The van der Waals surface area contributed by atoms with Crippen molar-refractivity contribution in [1.82, 2.24) is 25.2 Å². The smallest absolute Gasteiger partial charge is 0.151 e. The van der Waals surface area contributed by atoms with E-state index in [2.05, 4.69) is 20.5 Å². The summed E-state index contributed by atoms with van der Waals surface area (Å²) < 4.78 is 1.72. The molecule has 0 saturated heterocycles. The maximum Gasteiger partial charge on any atom is 0.151 e. The fourth-order valence-corrected chi connectivity index (χ4v) is 1.000. The molecule has 0 atom stereocenters. The Morgan fingerprint density at radius 1 is 1.42 bits per heavy atom. The molecule has 0 bridgehead atoms. The molecule has 2 aromatic heterocycles. The molecule has 12 heavy (non-hydrogen) atoms. The van der Waals surface area contributed by atoms with Gasteiger partial charge in [-0.3, -0.25) is 5.10 Å². The minimum absolute atomic E-state index is 0.841. The van der Waals surface area contributed by atoms with Crippen LogP contribution >= 0.6 is 0 Å². The van der Waals surface area contributed by atoms with E-state index >= 15 is 0 Å². The molecule has 0 unspecified atom stereocenters. The van der Waals surface area contributed by atoms with Crippen LogP contribution in [0.25, 0.3) is 5.82 Å². The van der Waals surface area contributed by atoms with Crippen LogP contribution < -0.4 is 0 Å². The molecule has 0 aliphatic heterocycles. The van der Waals surface area contributed by atoms with Gasteiger partial charge in [0.05, 0.1) is 17.6 Å². The van der Waals surface area contributed by atoms with Gasteiger partial charge in [0.1, 0.15) is 0 Å². The van der Waals surface area contributed by atoms with E-state index in [1.807, 2.05) is 19.9 Å². The third kappa shape index (κ3) is 0.903. The van der Waals surface area contributed by atoms with Crippen LogP contribution in [0.5, 0.6) is 0 Å². The van der Waals surface area contributed by atoms with Crippen LogP contribution in [0.3, 0.4) is 0 Å². The standard InChI is InChI=1S/C7H9N5/c1-5-6(2)12(11-9-5)7-3-4-8-10-7/h3-4H,1-2H3,(H,8,10). The first-order valence-electron chi connectivity index (χ1n) is 3.67. The number of hydrogen-bond acceptors (Lipinski definition) is 3. The lowest BCUT2D eigenvalue weighted by molar-refractivity contribution is 0.758. The van der Waals surface area contributed by atoms with Gasteiger partial charge < -0.3 is 0 Å². The molecule has 0 spiro atoms. The van der Waals surface area contributed by atoms with Crippen LogP contribution in [-0.4, -0.2) is 25.2 Å². The first-order chi connectivity index (χ1) is 5.79. The third-order valence-corrected chi connectivity index (χ3v) is 1.84. The molecule has 0 radical (unpaired) electrons. The lowest BCUT2D eigenvalue weighted by atomic mass is 10.4. The largest absolute Gasteiger partial charge is 0.261 e. The van der Waals surface area contributed by atoms with Gasteiger partial charge >= 0.3 is 0 Å². The second kappa shape index (κ2) is 2.44. The molecule has 2 heterocycles. The van der Waals surface area contributed by atoms with Crippen molar-refractivity contribution in [2.24, 2.45) is 0 Å². The molecular formula is C7H9N5. The van der Waals surface area contributed by atoms with Crippen molar-refractivity contribution in [3.05, 3.63) is 23.7 Å². The van der Waals surface area contributed by atoms with Gasteiger partial charge in [-0.15, -0.1) is 5.10 Å². The van der Waals surface area contributed by atoms with Crippen molar-refractivity contribution in [3.63, 3.8) is 0 Å². The summed E-state index contributed by atoms with van der Waals surface area (Å²) in [5, 5.41) is 14.5. The van der Waals surface area contributed by atoms with Crippen LogP contribution in [0, 0.1) is 13.8 Å². The first kappa shape index (κ1) is 7.02. The SMILES string of the molecule is Cc1nnn(-c2ccn[nH]2)c1C. The average molecular weight is 163 g/mol. The Kier molecular flexibility index (Phi) is 1.43. The third-order valence-electron chi connectivity index (χ3n) is 1.84. The highest BCUT2D eigenvalue weighted by Gasteiger charge is 2.05. The van der Waals surface area contributed by atoms with E-state index in [1.54, 1.807) is 10.9 Å². The summed E-state index contributed by atoms with van der Waals surface area (Å²) in [5.41, 5.74) is 1.96. The van der Waals surface area contributed by atoms with Crippen molar-refractivity contribution < 1.29 is 0 Å². The number of nitrogens with zero attached hydrogens (tertiary/aromatic N) is 4. The number of H-pyrrole nitrogens is 1. The molecule has 5 heteroatoms. The topological polar surface area (TPSA) is 59.4 Å². The number of hydrogen-bond donors (Lipinski definition) is 1. The molecule has 0 saturated carbocycles. The average Bonchev–Trinajstić information content (AvgIpc) is 2.64. The quantitative estimate of drug-likeness (QED) is 0.670. The molecule has 0 aliphatic rings. The zero-order valence-electron chi connectivity index (χ0n) is 6.94. The fraction of sp³-hybridized carbons (Fsp3) is 0.286. The van der Waals surface area contributed by atoms with Crippen molar-refractivity contribution in [1.29, 1.82) is 0 Å². The number of aromatic amines is 1. The molecule has 62 valence electrons. The first-order valence-corrected chi connectivity index (χ1v) is 3.67. The van der Waals surface area contributed by atoms with Crippen molar-refractivity contribution in [2.45, 2.75) is 13.8 Å². The minimum atomic E-state index is 0.841. The molecule has 5 nitrogen and oxygen atoms in total. The lowest BCUT2D eigenvalue weighted by Gasteiger charge is -1.96. The number of aromatic nitrogens is 5. The molecule has 1 N–H and O–H groups in total. The van der Waals surface area contributed by atoms with Gasteiger partial charge in [0.25, 0.3) is 0 Å². The Hall–Kier alpha value is -1.65. The zero-order chi connectivity index (χ0) is 8.55. The Balaban J connectivity index is 2.55. The number of rotatable bonds is 1. The summed E-state index contributed by atoms with van der Waals surface area (Å²) in [6, 6.07) is 1.85.